The number of aryl methyl sites for hydroxylation is 1. The Hall–Kier alpha value is -3.61. The summed E-state index contributed by atoms with van der Waals surface area (Å²) in [7, 11) is 1.65. The highest BCUT2D eigenvalue weighted by Gasteiger charge is 2.27. The van der Waals surface area contributed by atoms with Crippen molar-refractivity contribution in [2.45, 2.75) is 32.4 Å². The molecule has 1 aromatic carbocycles. The average molecular weight is 406 g/mol. The van der Waals surface area contributed by atoms with Gasteiger partial charge >= 0.3 is 0 Å². The van der Waals surface area contributed by atoms with Crippen LogP contribution in [0.2, 0.25) is 0 Å². The predicted octanol–water partition coefficient (Wildman–Crippen LogP) is 3.64. The molecule has 0 spiro atoms. The van der Waals surface area contributed by atoms with Crippen molar-refractivity contribution >= 4 is 29.2 Å². The van der Waals surface area contributed by atoms with E-state index in [9.17, 15) is 4.79 Å². The molecule has 0 atom stereocenters. The first-order valence-corrected chi connectivity index (χ1v) is 9.81. The minimum absolute atomic E-state index is 0.466. The summed E-state index contributed by atoms with van der Waals surface area (Å²) >= 11 is 0. The van der Waals surface area contributed by atoms with E-state index in [2.05, 4.69) is 9.97 Å². The maximum atomic E-state index is 10.8. The first-order chi connectivity index (χ1) is 14.6. The number of H-pyrrole nitrogens is 1. The molecule has 1 fully saturated rings. The van der Waals surface area contributed by atoms with Crippen molar-refractivity contribution in [2.75, 3.05) is 7.11 Å². The second-order valence-electron chi connectivity index (χ2n) is 7.21. The van der Waals surface area contributed by atoms with Gasteiger partial charge in [0.1, 0.15) is 11.4 Å². The van der Waals surface area contributed by atoms with Crippen LogP contribution in [0.3, 0.4) is 0 Å². The number of rotatable bonds is 7. The van der Waals surface area contributed by atoms with Gasteiger partial charge in [-0.15, -0.1) is 0 Å². The number of nitrogens with zero attached hydrogens (tertiary/aromatic N) is 2. The van der Waals surface area contributed by atoms with E-state index in [0.717, 1.165) is 47.3 Å². The van der Waals surface area contributed by atoms with Crippen LogP contribution in [0.25, 0.3) is 16.6 Å². The van der Waals surface area contributed by atoms with Gasteiger partial charge in [-0.25, -0.2) is 4.98 Å². The van der Waals surface area contributed by atoms with Crippen molar-refractivity contribution in [3.8, 4) is 5.75 Å². The number of carbonyl (C=O) groups excluding carboxylic acids is 1. The van der Waals surface area contributed by atoms with E-state index in [1.165, 1.54) is 12.4 Å². The van der Waals surface area contributed by atoms with Crippen molar-refractivity contribution in [3.63, 3.8) is 0 Å². The van der Waals surface area contributed by atoms with Crippen LogP contribution in [0, 0.1) is 12.3 Å². The number of methoxy groups -OCH3 is 1. The van der Waals surface area contributed by atoms with Gasteiger partial charge in [0.25, 0.3) is 0 Å². The van der Waals surface area contributed by atoms with Crippen molar-refractivity contribution in [1.29, 1.82) is 5.41 Å². The fraction of sp³-hybridized carbons (Fsp3) is 0.261. The number of benzene rings is 1. The van der Waals surface area contributed by atoms with Crippen molar-refractivity contribution in [3.05, 3.63) is 65.6 Å². The number of carbonyl (C=O) groups is 1. The number of aromatic nitrogens is 2. The van der Waals surface area contributed by atoms with Gasteiger partial charge < -0.3 is 25.8 Å². The second-order valence-corrected chi connectivity index (χ2v) is 7.21. The van der Waals surface area contributed by atoms with Gasteiger partial charge in [0.15, 0.2) is 0 Å². The Balaban J connectivity index is 0.000000171. The zero-order valence-corrected chi connectivity index (χ0v) is 17.3. The molecule has 1 saturated carbocycles. The first-order valence-electron chi connectivity index (χ1n) is 9.81. The van der Waals surface area contributed by atoms with Crippen LogP contribution in [0.1, 0.15) is 29.8 Å². The van der Waals surface area contributed by atoms with Gasteiger partial charge in [0.2, 0.25) is 6.41 Å². The van der Waals surface area contributed by atoms with Crippen LogP contribution in [0.5, 0.6) is 5.75 Å². The highest BCUT2D eigenvalue weighted by molar-refractivity contribution is 6.07. The minimum atomic E-state index is 0.466. The number of nitrogens with one attached hydrogen (secondary N) is 2. The lowest BCUT2D eigenvalue weighted by atomic mass is 10.2. The number of allylic oxidation sites excluding steroid dienone is 1. The highest BCUT2D eigenvalue weighted by Crippen LogP contribution is 2.27. The molecule has 1 aliphatic rings. The predicted molar refractivity (Wildman–Crippen MR) is 119 cm³/mol. The summed E-state index contributed by atoms with van der Waals surface area (Å²) in [5, 5.41) is 8.25. The summed E-state index contributed by atoms with van der Waals surface area (Å²) in [5.74, 6) is 0.842. The summed E-state index contributed by atoms with van der Waals surface area (Å²) in [6.07, 6.45) is 5.81. The lowest BCUT2D eigenvalue weighted by Gasteiger charge is -2.16. The molecule has 30 heavy (non-hydrogen) atoms. The van der Waals surface area contributed by atoms with Crippen LogP contribution < -0.4 is 10.5 Å². The Bertz CT molecular complexity index is 1050. The number of fused-ring (bicyclic) bond motifs is 1. The average Bonchev–Trinajstić information content (AvgIpc) is 3.54. The molecule has 1 aliphatic carbocycles. The molecule has 0 radical (unpaired) electrons. The standard InChI is InChI=1S/C12H15NO2.C11H12N4/c1-15-12-4-2-3-10(7-12)8-13(9-14)11-5-6-11;1-7-4-8-2-3-10(9(5-12)6-13)15-11(8)14-7/h2-4,7,9,11H,5-6,8H2,1H3;2-6,12H,13H2,1H3,(H,14,15)/b;9-6+,12-5?. The van der Waals surface area contributed by atoms with E-state index < -0.39 is 0 Å². The van der Waals surface area contributed by atoms with Gasteiger partial charge in [-0.2, -0.15) is 0 Å². The Morgan fingerprint density at radius 3 is 2.77 bits per heavy atom. The molecule has 0 aliphatic heterocycles. The van der Waals surface area contributed by atoms with Crippen LogP contribution >= 0.6 is 0 Å². The zero-order valence-electron chi connectivity index (χ0n) is 17.3. The number of pyridine rings is 1. The number of nitrogens with two attached hydrogens (primary N) is 1. The lowest BCUT2D eigenvalue weighted by molar-refractivity contribution is -0.119. The summed E-state index contributed by atoms with van der Waals surface area (Å²) in [6, 6.07) is 14.2. The molecular weight excluding hydrogens is 378 g/mol. The summed E-state index contributed by atoms with van der Waals surface area (Å²) in [5.41, 5.74) is 9.74. The van der Waals surface area contributed by atoms with Crippen LogP contribution in [-0.4, -0.2) is 40.6 Å². The molecule has 2 heterocycles. The third kappa shape index (κ3) is 5.26. The van der Waals surface area contributed by atoms with E-state index in [1.807, 2.05) is 54.3 Å². The molecule has 2 aromatic heterocycles. The normalized spacial score (nSPS) is 13.3. The molecule has 7 heteroatoms. The third-order valence-corrected chi connectivity index (χ3v) is 4.90. The zero-order chi connectivity index (χ0) is 21.5. The monoisotopic (exact) mass is 405 g/mol. The topological polar surface area (TPSA) is 108 Å². The Labute approximate surface area is 176 Å². The number of amides is 1. The van der Waals surface area contributed by atoms with Gasteiger partial charge in [0.05, 0.1) is 12.8 Å². The Morgan fingerprint density at radius 1 is 1.33 bits per heavy atom. The first kappa shape index (κ1) is 21.1. The Kier molecular flexibility index (Phi) is 6.85. The maximum absolute atomic E-state index is 10.8. The van der Waals surface area contributed by atoms with Crippen LogP contribution in [-0.2, 0) is 11.3 Å². The van der Waals surface area contributed by atoms with Crippen LogP contribution in [0.4, 0.5) is 0 Å². The second kappa shape index (κ2) is 9.73. The largest absolute Gasteiger partial charge is 0.497 e. The minimum Gasteiger partial charge on any atom is -0.497 e. The maximum Gasteiger partial charge on any atom is 0.210 e. The Morgan fingerprint density at radius 2 is 2.13 bits per heavy atom. The molecule has 3 aromatic rings. The number of ether oxygens (including phenoxy) is 1. The lowest BCUT2D eigenvalue weighted by Crippen LogP contribution is -2.23. The molecule has 0 saturated heterocycles. The fourth-order valence-corrected chi connectivity index (χ4v) is 3.15. The van der Waals surface area contributed by atoms with E-state index in [-0.39, 0.29) is 0 Å². The van der Waals surface area contributed by atoms with Gasteiger partial charge in [-0.05, 0) is 55.7 Å². The van der Waals surface area contributed by atoms with Crippen molar-refractivity contribution < 1.29 is 9.53 Å². The summed E-state index contributed by atoms with van der Waals surface area (Å²) < 4.78 is 5.14. The van der Waals surface area contributed by atoms with E-state index in [1.54, 1.807) is 7.11 Å². The molecule has 4 rings (SSSR count). The molecule has 1 amide bonds. The molecular formula is C23H27N5O2. The number of hydrogen-bond donors (Lipinski definition) is 3. The molecule has 156 valence electrons. The fourth-order valence-electron chi connectivity index (χ4n) is 3.15. The molecule has 4 N–H and O–H groups in total. The summed E-state index contributed by atoms with van der Waals surface area (Å²) in [6.45, 7) is 2.67. The molecule has 7 nitrogen and oxygen atoms in total. The quantitative estimate of drug-likeness (QED) is 0.412. The van der Waals surface area contributed by atoms with Crippen molar-refractivity contribution in [2.24, 2.45) is 5.73 Å². The molecule has 0 bridgehead atoms. The molecule has 0 unspecified atom stereocenters. The third-order valence-electron chi connectivity index (χ3n) is 4.90. The van der Waals surface area contributed by atoms with E-state index in [4.69, 9.17) is 15.9 Å². The van der Waals surface area contributed by atoms with Crippen molar-refractivity contribution in [1.82, 2.24) is 14.9 Å². The van der Waals surface area contributed by atoms with Crippen LogP contribution in [0.15, 0.2) is 48.7 Å². The summed E-state index contributed by atoms with van der Waals surface area (Å²) in [4.78, 5) is 20.2. The van der Waals surface area contributed by atoms with Gasteiger partial charge in [-0.3, -0.25) is 4.79 Å². The van der Waals surface area contributed by atoms with Gasteiger partial charge in [0, 0.05) is 41.7 Å². The number of hydrogen-bond acceptors (Lipinski definition) is 5. The SMILES string of the molecule is COc1cccc(CN(C=O)C2CC2)c1.Cc1cc2ccc(/C(C=N)=C/N)nc2[nH]1. The van der Waals surface area contributed by atoms with Gasteiger partial charge in [-0.1, -0.05) is 12.1 Å². The smallest absolute Gasteiger partial charge is 0.210 e. The highest BCUT2D eigenvalue weighted by atomic mass is 16.5. The van der Waals surface area contributed by atoms with E-state index in [0.29, 0.717) is 23.9 Å². The van der Waals surface area contributed by atoms with E-state index >= 15 is 0 Å². The number of aromatic amines is 1.